The highest BCUT2D eigenvalue weighted by molar-refractivity contribution is 5.69. The SMILES string of the molecule is Cc1cccc(OC(=O)N(C)N=O)c1. The van der Waals surface area contributed by atoms with Crippen molar-refractivity contribution >= 4 is 6.09 Å². The second kappa shape index (κ2) is 4.36. The summed E-state index contributed by atoms with van der Waals surface area (Å²) in [6, 6.07) is 6.95. The zero-order valence-corrected chi connectivity index (χ0v) is 7.93. The van der Waals surface area contributed by atoms with E-state index in [-0.39, 0.29) is 0 Å². The summed E-state index contributed by atoms with van der Waals surface area (Å²) in [6.45, 7) is 1.87. The minimum absolute atomic E-state index is 0.394. The van der Waals surface area contributed by atoms with Crippen LogP contribution in [0.3, 0.4) is 0 Å². The van der Waals surface area contributed by atoms with Crippen molar-refractivity contribution < 1.29 is 9.53 Å². The van der Waals surface area contributed by atoms with Crippen LogP contribution < -0.4 is 4.74 Å². The molecular weight excluding hydrogens is 184 g/mol. The molecule has 0 radical (unpaired) electrons. The number of ether oxygens (including phenoxy) is 1. The molecule has 1 amide bonds. The average Bonchev–Trinajstić information content (AvgIpc) is 2.16. The second-order valence-corrected chi connectivity index (χ2v) is 2.79. The van der Waals surface area contributed by atoms with Crippen molar-refractivity contribution in [2.24, 2.45) is 5.29 Å². The number of benzene rings is 1. The van der Waals surface area contributed by atoms with Gasteiger partial charge in [-0.15, -0.1) is 4.91 Å². The highest BCUT2D eigenvalue weighted by atomic mass is 16.6. The number of hydrogen-bond donors (Lipinski definition) is 0. The van der Waals surface area contributed by atoms with Gasteiger partial charge in [-0.3, -0.25) is 0 Å². The van der Waals surface area contributed by atoms with Crippen LogP contribution in [-0.4, -0.2) is 18.1 Å². The summed E-state index contributed by atoms with van der Waals surface area (Å²) in [5.41, 5.74) is 0.969. The van der Waals surface area contributed by atoms with E-state index >= 15 is 0 Å². The van der Waals surface area contributed by atoms with E-state index in [1.54, 1.807) is 18.2 Å². The smallest absolute Gasteiger partial charge is 0.409 e. The van der Waals surface area contributed by atoms with Crippen LogP contribution in [0.2, 0.25) is 0 Å². The van der Waals surface area contributed by atoms with E-state index in [4.69, 9.17) is 4.74 Å². The van der Waals surface area contributed by atoms with Gasteiger partial charge >= 0.3 is 6.09 Å². The monoisotopic (exact) mass is 194 g/mol. The molecule has 1 rings (SSSR count). The predicted octanol–water partition coefficient (Wildman–Crippen LogP) is 2.11. The number of nitrogens with zero attached hydrogens (tertiary/aromatic N) is 2. The van der Waals surface area contributed by atoms with Crippen LogP contribution in [0.4, 0.5) is 4.79 Å². The molecule has 0 aliphatic carbocycles. The summed E-state index contributed by atoms with van der Waals surface area (Å²) in [4.78, 5) is 21.0. The topological polar surface area (TPSA) is 59.0 Å². The summed E-state index contributed by atoms with van der Waals surface area (Å²) in [6.07, 6.45) is -0.800. The number of amides is 1. The van der Waals surface area contributed by atoms with Crippen LogP contribution in [0.25, 0.3) is 0 Å². The predicted molar refractivity (Wildman–Crippen MR) is 50.8 cm³/mol. The van der Waals surface area contributed by atoms with Crippen LogP contribution >= 0.6 is 0 Å². The molecule has 0 saturated carbocycles. The molecule has 74 valence electrons. The fourth-order valence-corrected chi connectivity index (χ4v) is 0.879. The molecule has 0 fully saturated rings. The Morgan fingerprint density at radius 3 is 2.79 bits per heavy atom. The number of hydrogen-bond acceptors (Lipinski definition) is 4. The maximum atomic E-state index is 11.1. The first-order valence-corrected chi connectivity index (χ1v) is 3.99. The largest absolute Gasteiger partial charge is 0.438 e. The van der Waals surface area contributed by atoms with E-state index in [1.165, 1.54) is 7.05 Å². The van der Waals surface area contributed by atoms with Crippen LogP contribution in [0.5, 0.6) is 5.75 Å². The highest BCUT2D eigenvalue weighted by Gasteiger charge is 2.10. The zero-order valence-electron chi connectivity index (χ0n) is 7.93. The van der Waals surface area contributed by atoms with Gasteiger partial charge in [0.25, 0.3) is 0 Å². The number of nitroso groups, excluding NO2 is 1. The van der Waals surface area contributed by atoms with Crippen molar-refractivity contribution in [3.63, 3.8) is 0 Å². The van der Waals surface area contributed by atoms with Crippen molar-refractivity contribution in [2.75, 3.05) is 7.05 Å². The molecule has 5 heteroatoms. The lowest BCUT2D eigenvalue weighted by molar-refractivity contribution is 0.164. The van der Waals surface area contributed by atoms with Gasteiger partial charge in [0.2, 0.25) is 0 Å². The molecule has 0 aromatic heterocycles. The molecule has 0 heterocycles. The molecule has 5 nitrogen and oxygen atoms in total. The summed E-state index contributed by atoms with van der Waals surface area (Å²) in [5, 5.41) is 3.00. The Labute approximate surface area is 81.2 Å². The number of rotatable bonds is 2. The van der Waals surface area contributed by atoms with E-state index < -0.39 is 6.09 Å². The molecule has 1 aromatic carbocycles. The van der Waals surface area contributed by atoms with E-state index in [0.717, 1.165) is 5.56 Å². The number of carbonyl (C=O) groups excluding carboxylic acids is 1. The molecule has 0 unspecified atom stereocenters. The molecule has 0 bridgehead atoms. The van der Waals surface area contributed by atoms with E-state index in [9.17, 15) is 9.70 Å². The Hall–Kier alpha value is -1.91. The normalized spacial score (nSPS) is 9.29. The van der Waals surface area contributed by atoms with Crippen molar-refractivity contribution in [2.45, 2.75) is 6.92 Å². The molecule has 0 spiro atoms. The Morgan fingerprint density at radius 1 is 1.50 bits per heavy atom. The Kier molecular flexibility index (Phi) is 3.17. The van der Waals surface area contributed by atoms with Gasteiger partial charge in [-0.1, -0.05) is 12.1 Å². The Balaban J connectivity index is 2.69. The van der Waals surface area contributed by atoms with Gasteiger partial charge < -0.3 is 4.74 Å². The first-order chi connectivity index (χ1) is 6.63. The second-order valence-electron chi connectivity index (χ2n) is 2.79. The number of aryl methyl sites for hydroxylation is 1. The van der Waals surface area contributed by atoms with Gasteiger partial charge in [-0.25, -0.2) is 4.79 Å². The molecule has 0 N–H and O–H groups in total. The van der Waals surface area contributed by atoms with Crippen LogP contribution in [0.15, 0.2) is 29.6 Å². The van der Waals surface area contributed by atoms with Gasteiger partial charge in [0.15, 0.2) is 0 Å². The van der Waals surface area contributed by atoms with Crippen molar-refractivity contribution in [3.05, 3.63) is 34.7 Å². The molecule has 0 aliphatic heterocycles. The zero-order chi connectivity index (χ0) is 10.6. The van der Waals surface area contributed by atoms with Gasteiger partial charge in [0, 0.05) is 7.05 Å². The van der Waals surface area contributed by atoms with Gasteiger partial charge in [-0.05, 0) is 24.6 Å². The van der Waals surface area contributed by atoms with Gasteiger partial charge in [0.1, 0.15) is 5.75 Å². The minimum atomic E-state index is -0.800. The van der Waals surface area contributed by atoms with Crippen LogP contribution in [0.1, 0.15) is 5.56 Å². The third kappa shape index (κ3) is 2.55. The Bertz CT molecular complexity index is 352. The summed E-state index contributed by atoms with van der Waals surface area (Å²) in [7, 11) is 1.23. The molecule has 0 atom stereocenters. The van der Waals surface area contributed by atoms with Gasteiger partial charge in [-0.2, -0.15) is 5.01 Å². The molecule has 1 aromatic rings. The lowest BCUT2D eigenvalue weighted by atomic mass is 10.2. The average molecular weight is 194 g/mol. The first kappa shape index (κ1) is 10.2. The van der Waals surface area contributed by atoms with Gasteiger partial charge in [0.05, 0.1) is 5.29 Å². The van der Waals surface area contributed by atoms with Crippen molar-refractivity contribution in [3.8, 4) is 5.75 Å². The summed E-state index contributed by atoms with van der Waals surface area (Å²) in [5.74, 6) is 0.394. The van der Waals surface area contributed by atoms with E-state index in [1.807, 2.05) is 13.0 Å². The standard InChI is InChI=1S/C9H10N2O3/c1-7-4-3-5-8(6-7)14-9(12)11(2)10-13/h3-6H,1-2H3. The Morgan fingerprint density at radius 2 is 2.21 bits per heavy atom. The molecule has 0 saturated heterocycles. The van der Waals surface area contributed by atoms with E-state index in [0.29, 0.717) is 10.8 Å². The molecular formula is C9H10N2O3. The summed E-state index contributed by atoms with van der Waals surface area (Å²) >= 11 is 0. The maximum Gasteiger partial charge on any atom is 0.438 e. The fourth-order valence-electron chi connectivity index (χ4n) is 0.879. The minimum Gasteiger partial charge on any atom is -0.409 e. The first-order valence-electron chi connectivity index (χ1n) is 3.99. The molecule has 0 aliphatic rings. The third-order valence-electron chi connectivity index (χ3n) is 1.58. The van der Waals surface area contributed by atoms with Crippen LogP contribution in [0, 0.1) is 11.8 Å². The fraction of sp³-hybridized carbons (Fsp3) is 0.222. The maximum absolute atomic E-state index is 11.1. The van der Waals surface area contributed by atoms with Crippen molar-refractivity contribution in [1.29, 1.82) is 0 Å². The highest BCUT2D eigenvalue weighted by Crippen LogP contribution is 2.13. The lowest BCUT2D eigenvalue weighted by Crippen LogP contribution is -2.24. The summed E-state index contributed by atoms with van der Waals surface area (Å²) < 4.78 is 4.84. The lowest BCUT2D eigenvalue weighted by Gasteiger charge is -2.07. The number of carbonyl (C=O) groups is 1. The van der Waals surface area contributed by atoms with Crippen LogP contribution in [-0.2, 0) is 0 Å². The quantitative estimate of drug-likeness (QED) is 0.535. The molecule has 14 heavy (non-hydrogen) atoms. The van der Waals surface area contributed by atoms with E-state index in [2.05, 4.69) is 5.29 Å². The third-order valence-corrected chi connectivity index (χ3v) is 1.58. The van der Waals surface area contributed by atoms with Crippen molar-refractivity contribution in [1.82, 2.24) is 5.01 Å².